The summed E-state index contributed by atoms with van der Waals surface area (Å²) in [6.07, 6.45) is 5.42. The number of rotatable bonds is 2. The highest BCUT2D eigenvalue weighted by Crippen LogP contribution is 2.54. The Bertz CT molecular complexity index is 313. The lowest BCUT2D eigenvalue weighted by Gasteiger charge is -2.31. The Hall–Kier alpha value is -0.900. The molecule has 0 aromatic heterocycles. The average molecular weight is 223 g/mol. The van der Waals surface area contributed by atoms with Gasteiger partial charge < -0.3 is 5.11 Å². The summed E-state index contributed by atoms with van der Waals surface area (Å²) < 4.78 is 0. The van der Waals surface area contributed by atoms with E-state index in [4.69, 9.17) is 5.11 Å². The zero-order valence-electron chi connectivity index (χ0n) is 9.26. The molecule has 1 heterocycles. The molecule has 0 aromatic rings. The van der Waals surface area contributed by atoms with Gasteiger partial charge in [-0.05, 0) is 12.8 Å². The molecule has 4 heteroatoms. The van der Waals surface area contributed by atoms with Gasteiger partial charge in [-0.3, -0.25) is 14.5 Å². The van der Waals surface area contributed by atoms with E-state index in [0.29, 0.717) is 0 Å². The van der Waals surface area contributed by atoms with Crippen molar-refractivity contribution in [2.24, 2.45) is 17.8 Å². The topological polar surface area (TPSA) is 57.6 Å². The van der Waals surface area contributed by atoms with Crippen LogP contribution in [0.3, 0.4) is 0 Å². The van der Waals surface area contributed by atoms with Crippen LogP contribution in [0.4, 0.5) is 0 Å². The highest BCUT2D eigenvalue weighted by Gasteiger charge is 2.67. The first kappa shape index (κ1) is 10.3. The van der Waals surface area contributed by atoms with E-state index in [1.807, 2.05) is 0 Å². The molecule has 2 saturated carbocycles. The van der Waals surface area contributed by atoms with Crippen LogP contribution >= 0.6 is 0 Å². The number of aliphatic hydroxyl groups is 1. The highest BCUT2D eigenvalue weighted by molar-refractivity contribution is 6.09. The summed E-state index contributed by atoms with van der Waals surface area (Å²) in [4.78, 5) is 25.6. The van der Waals surface area contributed by atoms with Crippen LogP contribution in [-0.4, -0.2) is 34.5 Å². The summed E-state index contributed by atoms with van der Waals surface area (Å²) >= 11 is 0. The van der Waals surface area contributed by atoms with Crippen molar-refractivity contribution in [3.05, 3.63) is 0 Å². The van der Waals surface area contributed by atoms with Gasteiger partial charge in [0, 0.05) is 18.6 Å². The Kier molecular flexibility index (Phi) is 2.28. The van der Waals surface area contributed by atoms with Gasteiger partial charge in [-0.25, -0.2) is 0 Å². The fourth-order valence-electron chi connectivity index (χ4n) is 3.40. The van der Waals surface area contributed by atoms with Crippen LogP contribution in [0.5, 0.6) is 0 Å². The van der Waals surface area contributed by atoms with Gasteiger partial charge in [0.15, 0.2) is 0 Å². The predicted octanol–water partition coefficient (Wildman–Crippen LogP) is 0.542. The van der Waals surface area contributed by atoms with E-state index in [9.17, 15) is 9.59 Å². The van der Waals surface area contributed by atoms with Crippen molar-refractivity contribution in [1.29, 1.82) is 0 Å². The molecule has 88 valence electrons. The van der Waals surface area contributed by atoms with Crippen LogP contribution < -0.4 is 0 Å². The SMILES string of the molecule is O=C1C2C(CO)C2C(=O)N1C1CCCCC1. The molecule has 3 aliphatic rings. The number of nitrogens with zero attached hydrogens (tertiary/aromatic N) is 1. The number of carbonyl (C=O) groups excluding carboxylic acids is 2. The van der Waals surface area contributed by atoms with E-state index in [0.717, 1.165) is 25.7 Å². The zero-order valence-corrected chi connectivity index (χ0v) is 9.26. The molecule has 0 bridgehead atoms. The molecule has 0 spiro atoms. The maximum atomic E-state index is 12.0. The number of fused-ring (bicyclic) bond motifs is 1. The lowest BCUT2D eigenvalue weighted by molar-refractivity contribution is -0.146. The fraction of sp³-hybridized carbons (Fsp3) is 0.833. The van der Waals surface area contributed by atoms with E-state index in [2.05, 4.69) is 0 Å². The van der Waals surface area contributed by atoms with Gasteiger partial charge in [-0.1, -0.05) is 19.3 Å². The van der Waals surface area contributed by atoms with E-state index in [1.54, 1.807) is 0 Å². The first-order valence-corrected chi connectivity index (χ1v) is 6.23. The second-order valence-corrected chi connectivity index (χ2v) is 5.24. The molecule has 3 rings (SSSR count). The molecule has 4 nitrogen and oxygen atoms in total. The number of carbonyl (C=O) groups is 2. The summed E-state index contributed by atoms with van der Waals surface area (Å²) in [5, 5.41) is 9.02. The monoisotopic (exact) mass is 223 g/mol. The van der Waals surface area contributed by atoms with Gasteiger partial charge in [0.1, 0.15) is 0 Å². The van der Waals surface area contributed by atoms with Gasteiger partial charge in [-0.2, -0.15) is 0 Å². The van der Waals surface area contributed by atoms with Crippen LogP contribution in [0.15, 0.2) is 0 Å². The molecule has 0 radical (unpaired) electrons. The normalized spacial score (nSPS) is 39.1. The molecule has 16 heavy (non-hydrogen) atoms. The third-order valence-electron chi connectivity index (χ3n) is 4.36. The number of hydrogen-bond acceptors (Lipinski definition) is 3. The minimum absolute atomic E-state index is 0.0130. The van der Waals surface area contributed by atoms with E-state index in [-0.39, 0.29) is 42.2 Å². The minimum Gasteiger partial charge on any atom is -0.396 e. The fourth-order valence-corrected chi connectivity index (χ4v) is 3.40. The van der Waals surface area contributed by atoms with Crippen LogP contribution in [0.1, 0.15) is 32.1 Å². The first-order chi connectivity index (χ1) is 7.75. The molecule has 2 unspecified atom stereocenters. The first-order valence-electron chi connectivity index (χ1n) is 6.23. The van der Waals surface area contributed by atoms with Gasteiger partial charge in [0.05, 0.1) is 11.8 Å². The van der Waals surface area contributed by atoms with E-state index < -0.39 is 0 Å². The predicted molar refractivity (Wildman–Crippen MR) is 56.3 cm³/mol. The average Bonchev–Trinajstić information content (AvgIpc) is 2.98. The van der Waals surface area contributed by atoms with Gasteiger partial charge >= 0.3 is 0 Å². The maximum absolute atomic E-state index is 12.0. The number of aliphatic hydroxyl groups excluding tert-OH is 1. The Balaban J connectivity index is 1.74. The highest BCUT2D eigenvalue weighted by atomic mass is 16.3. The van der Waals surface area contributed by atoms with E-state index >= 15 is 0 Å². The molecular formula is C12H17NO3. The van der Waals surface area contributed by atoms with Crippen molar-refractivity contribution in [1.82, 2.24) is 4.90 Å². The summed E-state index contributed by atoms with van der Waals surface area (Å²) in [5.74, 6) is -0.458. The van der Waals surface area contributed by atoms with E-state index in [1.165, 1.54) is 11.3 Å². The number of amides is 2. The number of imide groups is 1. The van der Waals surface area contributed by atoms with Crippen molar-refractivity contribution in [3.63, 3.8) is 0 Å². The molecular weight excluding hydrogens is 206 g/mol. The zero-order chi connectivity index (χ0) is 11.3. The standard InChI is InChI=1S/C12H17NO3/c14-6-8-9-10(8)12(16)13(11(9)15)7-4-2-1-3-5-7/h7-10,14H,1-6H2. The van der Waals surface area contributed by atoms with Crippen molar-refractivity contribution in [2.45, 2.75) is 38.1 Å². The van der Waals surface area contributed by atoms with Crippen LogP contribution in [0.2, 0.25) is 0 Å². The van der Waals surface area contributed by atoms with Gasteiger partial charge in [0.2, 0.25) is 11.8 Å². The molecule has 2 atom stereocenters. The minimum atomic E-state index is -0.181. The lowest BCUT2D eigenvalue weighted by Crippen LogP contribution is -2.44. The number of hydrogen-bond donors (Lipinski definition) is 1. The van der Waals surface area contributed by atoms with Crippen LogP contribution in [0, 0.1) is 17.8 Å². The van der Waals surface area contributed by atoms with Crippen LogP contribution in [0.25, 0.3) is 0 Å². The lowest BCUT2D eigenvalue weighted by atomic mass is 9.94. The number of piperidine rings is 1. The molecule has 2 aliphatic carbocycles. The van der Waals surface area contributed by atoms with Crippen LogP contribution in [-0.2, 0) is 9.59 Å². The van der Waals surface area contributed by atoms with Crippen molar-refractivity contribution in [2.75, 3.05) is 6.61 Å². The molecule has 2 amide bonds. The summed E-state index contributed by atoms with van der Waals surface area (Å²) in [7, 11) is 0. The van der Waals surface area contributed by atoms with Crippen molar-refractivity contribution in [3.8, 4) is 0 Å². The quantitative estimate of drug-likeness (QED) is 0.695. The molecule has 1 saturated heterocycles. The largest absolute Gasteiger partial charge is 0.396 e. The second-order valence-electron chi connectivity index (χ2n) is 5.24. The summed E-state index contributed by atoms with van der Waals surface area (Å²) in [6.45, 7) is -0.0225. The Morgan fingerprint density at radius 3 is 2.12 bits per heavy atom. The third-order valence-corrected chi connectivity index (χ3v) is 4.36. The Morgan fingerprint density at radius 2 is 1.62 bits per heavy atom. The second kappa shape index (κ2) is 3.55. The third kappa shape index (κ3) is 1.25. The number of likely N-dealkylation sites (tertiary alicyclic amines) is 1. The van der Waals surface area contributed by atoms with Crippen molar-refractivity contribution >= 4 is 11.8 Å². The van der Waals surface area contributed by atoms with Gasteiger partial charge in [0.25, 0.3) is 0 Å². The maximum Gasteiger partial charge on any atom is 0.233 e. The summed E-state index contributed by atoms with van der Waals surface area (Å²) in [6, 6.07) is 0.154. The smallest absolute Gasteiger partial charge is 0.233 e. The Morgan fingerprint density at radius 1 is 1.06 bits per heavy atom. The van der Waals surface area contributed by atoms with Gasteiger partial charge in [-0.15, -0.1) is 0 Å². The van der Waals surface area contributed by atoms with Crippen molar-refractivity contribution < 1.29 is 14.7 Å². The Labute approximate surface area is 94.6 Å². The molecule has 0 aromatic carbocycles. The molecule has 1 aliphatic heterocycles. The summed E-state index contributed by atoms with van der Waals surface area (Å²) in [5.41, 5.74) is 0. The molecule has 3 fully saturated rings. The molecule has 1 N–H and O–H groups in total.